The van der Waals surface area contributed by atoms with Crippen molar-refractivity contribution in [2.45, 2.75) is 93.8 Å². The van der Waals surface area contributed by atoms with Crippen LogP contribution < -0.4 is 0 Å². The molecule has 0 amide bonds. The van der Waals surface area contributed by atoms with Gasteiger partial charge in [-0.3, -0.25) is 4.79 Å². The summed E-state index contributed by atoms with van der Waals surface area (Å²) in [5.41, 5.74) is 0. The largest absolute Gasteiger partial charge is 0.457 e. The molecule has 0 spiro atoms. The number of hydrogen-bond donors (Lipinski definition) is 7. The predicted molar refractivity (Wildman–Crippen MR) is 97.4 cm³/mol. The number of rotatable bonds is 5. The maximum atomic E-state index is 11.2. The molecule has 0 aromatic carbocycles. The molecule has 3 aliphatic rings. The van der Waals surface area contributed by atoms with Gasteiger partial charge in [0.1, 0.15) is 48.8 Å². The Bertz CT molecular complexity index is 635. The Hall–Kier alpha value is -1.01. The van der Waals surface area contributed by atoms with Crippen molar-refractivity contribution in [1.82, 2.24) is 0 Å². The topological polar surface area (TPSA) is 214 Å². The van der Waals surface area contributed by atoms with Crippen LogP contribution in [-0.4, -0.2) is 135 Å². The normalized spacial score (nSPS) is 50.1. The first-order valence-corrected chi connectivity index (χ1v) is 10.1. The van der Waals surface area contributed by atoms with E-state index in [9.17, 15) is 40.5 Å². The van der Waals surface area contributed by atoms with E-state index in [4.69, 9.17) is 28.4 Å². The van der Waals surface area contributed by atoms with Gasteiger partial charge in [-0.2, -0.15) is 0 Å². The van der Waals surface area contributed by atoms with Crippen molar-refractivity contribution in [2.24, 2.45) is 0 Å². The van der Waals surface area contributed by atoms with Gasteiger partial charge in [0.2, 0.25) is 0 Å². The van der Waals surface area contributed by atoms with Gasteiger partial charge in [0.05, 0.1) is 19.3 Å². The lowest BCUT2D eigenvalue weighted by Gasteiger charge is -2.46. The van der Waals surface area contributed by atoms with Crippen molar-refractivity contribution < 1.29 is 69.0 Å². The second kappa shape index (κ2) is 10.5. The highest BCUT2D eigenvalue weighted by atomic mass is 16.8. The van der Waals surface area contributed by atoms with Crippen molar-refractivity contribution in [3.63, 3.8) is 0 Å². The summed E-state index contributed by atoms with van der Waals surface area (Å²) in [4.78, 5) is 11.2. The summed E-state index contributed by atoms with van der Waals surface area (Å²) in [5.74, 6) is -0.736. The van der Waals surface area contributed by atoms with Crippen LogP contribution in [0.2, 0.25) is 0 Å². The van der Waals surface area contributed by atoms with Crippen LogP contribution in [0.5, 0.6) is 0 Å². The van der Waals surface area contributed by atoms with Gasteiger partial charge in [-0.15, -0.1) is 0 Å². The maximum absolute atomic E-state index is 11.2. The zero-order chi connectivity index (χ0) is 23.7. The van der Waals surface area contributed by atoms with E-state index < -0.39 is 85.9 Å². The fraction of sp³-hybridized carbons (Fsp3) is 0.944. The lowest BCUT2D eigenvalue weighted by atomic mass is 9.98. The molecule has 3 rings (SSSR count). The monoisotopic (exact) mass is 470 g/mol. The van der Waals surface area contributed by atoms with Gasteiger partial charge in [0.15, 0.2) is 25.0 Å². The highest BCUT2D eigenvalue weighted by Crippen LogP contribution is 2.30. The van der Waals surface area contributed by atoms with Crippen LogP contribution in [-0.2, 0) is 33.2 Å². The van der Waals surface area contributed by atoms with E-state index in [2.05, 4.69) is 0 Å². The number of esters is 1. The Morgan fingerprint density at radius 1 is 0.750 bits per heavy atom. The van der Waals surface area contributed by atoms with Gasteiger partial charge in [0.25, 0.3) is 0 Å². The number of ether oxygens (including phenoxy) is 6. The molecule has 32 heavy (non-hydrogen) atoms. The molecule has 186 valence electrons. The number of carbonyl (C=O) groups excluding carboxylic acids is 1. The number of aliphatic hydroxyl groups excluding tert-OH is 7. The molecular formula is C18H30O14. The average molecular weight is 470 g/mol. The van der Waals surface area contributed by atoms with E-state index in [0.29, 0.717) is 0 Å². The van der Waals surface area contributed by atoms with E-state index in [1.165, 1.54) is 6.92 Å². The average Bonchev–Trinajstić information content (AvgIpc) is 2.73. The van der Waals surface area contributed by atoms with Crippen molar-refractivity contribution in [2.75, 3.05) is 13.2 Å². The summed E-state index contributed by atoms with van der Waals surface area (Å²) in [6, 6.07) is 0. The van der Waals surface area contributed by atoms with Gasteiger partial charge in [-0.25, -0.2) is 0 Å². The molecule has 3 aliphatic heterocycles. The molecule has 0 bridgehead atoms. The Labute approximate surface area is 182 Å². The third kappa shape index (κ3) is 5.38. The fourth-order valence-corrected chi connectivity index (χ4v) is 3.77. The van der Waals surface area contributed by atoms with E-state index in [0.717, 1.165) is 6.92 Å². The minimum atomic E-state index is -1.73. The van der Waals surface area contributed by atoms with E-state index in [-0.39, 0.29) is 13.2 Å². The van der Waals surface area contributed by atoms with Gasteiger partial charge in [-0.05, 0) is 6.92 Å². The zero-order valence-electron chi connectivity index (χ0n) is 17.4. The highest BCUT2D eigenvalue weighted by Gasteiger charge is 2.50. The van der Waals surface area contributed by atoms with Gasteiger partial charge < -0.3 is 64.2 Å². The second-order valence-corrected chi connectivity index (χ2v) is 8.01. The summed E-state index contributed by atoms with van der Waals surface area (Å²) in [6.45, 7) is 1.92. The fourth-order valence-electron chi connectivity index (χ4n) is 3.77. The first kappa shape index (κ1) is 25.6. The van der Waals surface area contributed by atoms with Crippen LogP contribution in [0.15, 0.2) is 0 Å². The Kier molecular flexibility index (Phi) is 8.40. The Morgan fingerprint density at radius 3 is 2.03 bits per heavy atom. The van der Waals surface area contributed by atoms with Gasteiger partial charge in [-0.1, -0.05) is 0 Å². The van der Waals surface area contributed by atoms with Crippen molar-refractivity contribution in [1.29, 1.82) is 0 Å². The molecule has 0 radical (unpaired) electrons. The molecule has 0 unspecified atom stereocenters. The molecule has 3 saturated heterocycles. The minimum Gasteiger partial charge on any atom is -0.457 e. The molecular weight excluding hydrogens is 440 g/mol. The molecule has 3 fully saturated rings. The van der Waals surface area contributed by atoms with Crippen molar-refractivity contribution in [3.8, 4) is 0 Å². The first-order valence-electron chi connectivity index (χ1n) is 10.1. The Balaban J connectivity index is 1.64. The standard InChI is InChI=1S/C18H30O14/c1-5-13(31-17-12(25)14(30-6(2)19)8(21)4-28-17)10(23)11(24)18(29-5)32-15-9(22)7(20)3-27-16(15)26/h5,7-18,20-26H,3-4H2,1-2H3/t5-,7-,8+,9-,10-,11+,12+,13-,14-,15+,16+,17-,18-/m0/s1. The maximum Gasteiger partial charge on any atom is 0.303 e. The smallest absolute Gasteiger partial charge is 0.303 e. The van der Waals surface area contributed by atoms with Crippen LogP contribution in [0, 0.1) is 0 Å². The number of hydrogen-bond acceptors (Lipinski definition) is 14. The molecule has 0 aliphatic carbocycles. The predicted octanol–water partition coefficient (Wildman–Crippen LogP) is -4.70. The van der Waals surface area contributed by atoms with Crippen molar-refractivity contribution in [3.05, 3.63) is 0 Å². The molecule has 0 aromatic rings. The molecule has 0 saturated carbocycles. The lowest BCUT2D eigenvalue weighted by molar-refractivity contribution is -0.367. The molecule has 14 heteroatoms. The van der Waals surface area contributed by atoms with Crippen LogP contribution >= 0.6 is 0 Å². The third-order valence-electron chi connectivity index (χ3n) is 5.54. The van der Waals surface area contributed by atoms with Crippen molar-refractivity contribution >= 4 is 5.97 Å². The molecule has 7 N–H and O–H groups in total. The van der Waals surface area contributed by atoms with Crippen LogP contribution in [0.1, 0.15) is 13.8 Å². The van der Waals surface area contributed by atoms with Crippen LogP contribution in [0.4, 0.5) is 0 Å². The van der Waals surface area contributed by atoms with E-state index in [1.807, 2.05) is 0 Å². The summed E-state index contributed by atoms with van der Waals surface area (Å²) in [5, 5.41) is 70.8. The minimum absolute atomic E-state index is 0.321. The first-order chi connectivity index (χ1) is 15.0. The highest BCUT2D eigenvalue weighted by molar-refractivity contribution is 5.66. The Morgan fingerprint density at radius 2 is 1.38 bits per heavy atom. The molecule has 14 nitrogen and oxygen atoms in total. The third-order valence-corrected chi connectivity index (χ3v) is 5.54. The van der Waals surface area contributed by atoms with Crippen LogP contribution in [0.25, 0.3) is 0 Å². The van der Waals surface area contributed by atoms with Gasteiger partial charge >= 0.3 is 5.97 Å². The number of aliphatic hydroxyl groups is 7. The lowest BCUT2D eigenvalue weighted by Crippen LogP contribution is -2.64. The van der Waals surface area contributed by atoms with E-state index in [1.54, 1.807) is 0 Å². The zero-order valence-corrected chi connectivity index (χ0v) is 17.4. The molecule has 0 aromatic heterocycles. The summed E-state index contributed by atoms with van der Waals surface area (Å²) >= 11 is 0. The van der Waals surface area contributed by atoms with Gasteiger partial charge in [0, 0.05) is 6.92 Å². The van der Waals surface area contributed by atoms with Crippen LogP contribution in [0.3, 0.4) is 0 Å². The summed E-state index contributed by atoms with van der Waals surface area (Å²) in [7, 11) is 0. The summed E-state index contributed by atoms with van der Waals surface area (Å²) < 4.78 is 31.5. The van der Waals surface area contributed by atoms with E-state index >= 15 is 0 Å². The SMILES string of the molecule is CC(=O)O[C@@H]1[C@@H](O)[C@H](O[C@@H]2[C@@H](O)[C@@H](O)[C@H](O[C@@H]3[C@@H](O)[C@@H](O)CO[C@H]3O)O[C@H]2C)OC[C@H]1O. The summed E-state index contributed by atoms with van der Waals surface area (Å²) in [6.07, 6.45) is -18.7. The number of carbonyl (C=O) groups is 1. The molecule has 3 heterocycles. The quantitative estimate of drug-likeness (QED) is 0.188. The molecule has 13 atom stereocenters. The second-order valence-electron chi connectivity index (χ2n) is 8.01.